The van der Waals surface area contributed by atoms with Gasteiger partial charge >= 0.3 is 18.2 Å². The van der Waals surface area contributed by atoms with E-state index in [1.807, 2.05) is 6.07 Å². The molecular weight excluding hydrogens is 363 g/mol. The summed E-state index contributed by atoms with van der Waals surface area (Å²) in [4.78, 5) is 24.6. The van der Waals surface area contributed by atoms with Gasteiger partial charge in [-0.15, -0.1) is 0 Å². The molecule has 27 heavy (non-hydrogen) atoms. The summed E-state index contributed by atoms with van der Waals surface area (Å²) in [7, 11) is 1.27. The highest BCUT2D eigenvalue weighted by Crippen LogP contribution is 2.29. The normalized spacial score (nSPS) is 12.3. The average Bonchev–Trinajstić information content (AvgIpc) is 2.64. The van der Waals surface area contributed by atoms with Crippen LogP contribution in [0.4, 0.5) is 18.0 Å². The van der Waals surface area contributed by atoms with Crippen molar-refractivity contribution in [2.24, 2.45) is 0 Å². The van der Waals surface area contributed by atoms with Crippen LogP contribution < -0.4 is 0 Å². The van der Waals surface area contributed by atoms with Crippen molar-refractivity contribution in [1.29, 1.82) is 0 Å². The molecule has 2 aromatic carbocycles. The number of hydrogen-bond acceptors (Lipinski definition) is 3. The van der Waals surface area contributed by atoms with Crippen molar-refractivity contribution in [3.8, 4) is 0 Å². The Balaban J connectivity index is 2.02. The van der Waals surface area contributed by atoms with E-state index in [0.29, 0.717) is 5.56 Å². The molecule has 0 fully saturated rings. The van der Waals surface area contributed by atoms with E-state index in [4.69, 9.17) is 4.74 Å². The highest BCUT2D eigenvalue weighted by molar-refractivity contribution is 5.80. The maximum absolute atomic E-state index is 12.6. The minimum Gasteiger partial charge on any atom is -0.480 e. The predicted molar refractivity (Wildman–Crippen MR) is 91.0 cm³/mol. The Morgan fingerprint density at radius 3 is 2.15 bits per heavy atom. The number of amides is 1. The van der Waals surface area contributed by atoms with Gasteiger partial charge in [-0.1, -0.05) is 42.5 Å². The Morgan fingerprint density at radius 1 is 1.04 bits per heavy atom. The van der Waals surface area contributed by atoms with E-state index >= 15 is 0 Å². The van der Waals surface area contributed by atoms with Gasteiger partial charge in [0.15, 0.2) is 0 Å². The maximum Gasteiger partial charge on any atom is 0.416 e. The molecule has 0 aliphatic rings. The molecule has 0 aromatic heterocycles. The largest absolute Gasteiger partial charge is 0.480 e. The van der Waals surface area contributed by atoms with Crippen LogP contribution in [0.3, 0.4) is 0 Å². The number of ether oxygens (including phenoxy) is 1. The van der Waals surface area contributed by atoms with Gasteiger partial charge in [-0.25, -0.2) is 9.59 Å². The van der Waals surface area contributed by atoms with Gasteiger partial charge in [0.25, 0.3) is 0 Å². The zero-order valence-corrected chi connectivity index (χ0v) is 14.4. The predicted octanol–water partition coefficient (Wildman–Crippen LogP) is 3.97. The van der Waals surface area contributed by atoms with Crippen LogP contribution in [0.25, 0.3) is 0 Å². The Bertz CT molecular complexity index is 776. The molecule has 2 rings (SSSR count). The fraction of sp³-hybridized carbons (Fsp3) is 0.263. The van der Waals surface area contributed by atoms with Gasteiger partial charge in [-0.2, -0.15) is 13.2 Å². The highest BCUT2D eigenvalue weighted by Gasteiger charge is 2.31. The summed E-state index contributed by atoms with van der Waals surface area (Å²) in [5, 5.41) is 9.39. The number of carbonyl (C=O) groups excluding carboxylic acids is 1. The lowest BCUT2D eigenvalue weighted by Gasteiger charge is -2.24. The summed E-state index contributed by atoms with van der Waals surface area (Å²) >= 11 is 0. The van der Waals surface area contributed by atoms with E-state index in [1.165, 1.54) is 19.2 Å². The topological polar surface area (TPSA) is 66.8 Å². The summed E-state index contributed by atoms with van der Waals surface area (Å²) < 4.78 is 42.9. The summed E-state index contributed by atoms with van der Waals surface area (Å²) in [6, 6.07) is 11.7. The fourth-order valence-electron chi connectivity index (χ4n) is 2.39. The molecule has 0 spiro atoms. The Morgan fingerprint density at radius 2 is 1.63 bits per heavy atom. The van der Waals surface area contributed by atoms with Gasteiger partial charge in [0, 0.05) is 13.5 Å². The molecule has 0 aliphatic carbocycles. The van der Waals surface area contributed by atoms with E-state index in [-0.39, 0.29) is 13.0 Å². The van der Waals surface area contributed by atoms with Gasteiger partial charge in [-0.05, 0) is 23.3 Å². The molecule has 0 saturated carbocycles. The first-order chi connectivity index (χ1) is 12.7. The second kappa shape index (κ2) is 8.57. The number of benzene rings is 2. The van der Waals surface area contributed by atoms with E-state index in [0.717, 1.165) is 22.6 Å². The van der Waals surface area contributed by atoms with Crippen LogP contribution in [0, 0.1) is 0 Å². The number of alkyl halides is 3. The molecule has 0 bridgehead atoms. The molecule has 0 radical (unpaired) electrons. The average molecular weight is 381 g/mol. The highest BCUT2D eigenvalue weighted by atomic mass is 19.4. The molecule has 1 N–H and O–H groups in total. The molecule has 8 heteroatoms. The van der Waals surface area contributed by atoms with E-state index < -0.39 is 29.8 Å². The first-order valence-electron chi connectivity index (χ1n) is 8.01. The number of carbonyl (C=O) groups is 2. The zero-order valence-electron chi connectivity index (χ0n) is 14.4. The number of likely N-dealkylation sites (N-methyl/N-ethyl adjacent to an activating group) is 1. The maximum atomic E-state index is 12.6. The molecule has 5 nitrogen and oxygen atoms in total. The minimum atomic E-state index is -4.47. The number of rotatable bonds is 6. The molecule has 0 heterocycles. The van der Waals surface area contributed by atoms with E-state index in [9.17, 15) is 27.9 Å². The summed E-state index contributed by atoms with van der Waals surface area (Å²) in [5.41, 5.74) is 0.278. The third-order valence-electron chi connectivity index (χ3n) is 3.96. The summed E-state index contributed by atoms with van der Waals surface area (Å²) in [6.45, 7) is -0.0172. The molecular formula is C19H18F3NO4. The van der Waals surface area contributed by atoms with Crippen LogP contribution >= 0.6 is 0 Å². The van der Waals surface area contributed by atoms with Crippen LogP contribution in [0.2, 0.25) is 0 Å². The molecule has 144 valence electrons. The van der Waals surface area contributed by atoms with Gasteiger partial charge < -0.3 is 9.84 Å². The Kier molecular flexibility index (Phi) is 6.44. The molecule has 0 aliphatic heterocycles. The van der Waals surface area contributed by atoms with Crippen molar-refractivity contribution >= 4 is 12.1 Å². The molecule has 0 saturated heterocycles. The quantitative estimate of drug-likeness (QED) is 0.822. The van der Waals surface area contributed by atoms with Crippen LogP contribution in [0.1, 0.15) is 16.7 Å². The van der Waals surface area contributed by atoms with Crippen molar-refractivity contribution in [2.75, 3.05) is 7.05 Å². The summed E-state index contributed by atoms with van der Waals surface area (Å²) in [5.74, 6) is -1.28. The standard InChI is InChI=1S/C19H18F3NO4/c1-23(18(26)27-12-14-5-3-2-4-6-14)16(17(24)25)11-13-7-9-15(10-8-13)19(20,21)22/h2-10,16H,11-12H2,1H3,(H,24,25). The van der Waals surface area contributed by atoms with Crippen molar-refractivity contribution in [3.63, 3.8) is 0 Å². The van der Waals surface area contributed by atoms with Crippen molar-refractivity contribution in [1.82, 2.24) is 4.90 Å². The number of halogens is 3. The second-order valence-electron chi connectivity index (χ2n) is 5.90. The van der Waals surface area contributed by atoms with Crippen molar-refractivity contribution in [3.05, 3.63) is 71.3 Å². The van der Waals surface area contributed by atoms with Crippen LogP contribution in [0.5, 0.6) is 0 Å². The lowest BCUT2D eigenvalue weighted by molar-refractivity contribution is -0.142. The second-order valence-corrected chi connectivity index (χ2v) is 5.90. The SMILES string of the molecule is CN(C(=O)OCc1ccccc1)C(Cc1ccc(C(F)(F)F)cc1)C(=O)O. The smallest absolute Gasteiger partial charge is 0.416 e. The third kappa shape index (κ3) is 5.73. The lowest BCUT2D eigenvalue weighted by Crippen LogP contribution is -2.44. The zero-order chi connectivity index (χ0) is 20.0. The van der Waals surface area contributed by atoms with Crippen LogP contribution in [-0.2, 0) is 28.7 Å². The van der Waals surface area contributed by atoms with Gasteiger partial charge in [0.2, 0.25) is 0 Å². The number of nitrogens with zero attached hydrogens (tertiary/aromatic N) is 1. The van der Waals surface area contributed by atoms with Gasteiger partial charge in [-0.3, -0.25) is 4.90 Å². The van der Waals surface area contributed by atoms with E-state index in [1.54, 1.807) is 24.3 Å². The Labute approximate surface area is 154 Å². The third-order valence-corrected chi connectivity index (χ3v) is 3.96. The Hall–Kier alpha value is -3.03. The van der Waals surface area contributed by atoms with Crippen LogP contribution in [-0.4, -0.2) is 35.2 Å². The van der Waals surface area contributed by atoms with E-state index in [2.05, 4.69) is 0 Å². The molecule has 1 amide bonds. The first kappa shape index (κ1) is 20.3. The van der Waals surface area contributed by atoms with Crippen molar-refractivity contribution < 1.29 is 32.6 Å². The summed E-state index contributed by atoms with van der Waals surface area (Å²) in [6.07, 6.45) is -5.45. The minimum absolute atomic E-state index is 0.0172. The first-order valence-corrected chi connectivity index (χ1v) is 8.01. The number of carboxylic acid groups (broad SMARTS) is 1. The van der Waals surface area contributed by atoms with Gasteiger partial charge in [0.05, 0.1) is 5.56 Å². The van der Waals surface area contributed by atoms with Crippen LogP contribution in [0.15, 0.2) is 54.6 Å². The fourth-order valence-corrected chi connectivity index (χ4v) is 2.39. The lowest BCUT2D eigenvalue weighted by atomic mass is 10.0. The molecule has 1 unspecified atom stereocenters. The molecule has 2 aromatic rings. The number of hydrogen-bond donors (Lipinski definition) is 1. The number of aliphatic carboxylic acids is 1. The van der Waals surface area contributed by atoms with Crippen molar-refractivity contribution in [2.45, 2.75) is 25.2 Å². The molecule has 1 atom stereocenters. The number of carboxylic acids is 1. The monoisotopic (exact) mass is 381 g/mol. The van der Waals surface area contributed by atoms with Gasteiger partial charge in [0.1, 0.15) is 12.6 Å².